The lowest BCUT2D eigenvalue weighted by Gasteiger charge is -2.27. The Kier molecular flexibility index (Phi) is 6.15. The molecule has 0 spiro atoms. The number of rotatable bonds is 8. The quantitative estimate of drug-likeness (QED) is 0.548. The number of nitrogens with one attached hydrogen (secondary N) is 1. The van der Waals surface area contributed by atoms with E-state index in [4.69, 9.17) is 0 Å². The van der Waals surface area contributed by atoms with Crippen molar-refractivity contribution in [1.29, 1.82) is 0 Å². The summed E-state index contributed by atoms with van der Waals surface area (Å²) in [6.45, 7) is 0.737. The van der Waals surface area contributed by atoms with E-state index in [2.05, 4.69) is 16.3 Å². The average Bonchev–Trinajstić information content (AvgIpc) is 3.28. The van der Waals surface area contributed by atoms with Gasteiger partial charge in [-0.25, -0.2) is 0 Å². The highest BCUT2D eigenvalue weighted by Gasteiger charge is 2.32. The Balaban J connectivity index is 1.35. The molecule has 0 bridgehead atoms. The van der Waals surface area contributed by atoms with Crippen molar-refractivity contribution < 1.29 is 14.4 Å². The van der Waals surface area contributed by atoms with E-state index in [1.165, 1.54) is 9.78 Å². The Hall–Kier alpha value is -3.03. The molecule has 1 N–H and O–H groups in total. The summed E-state index contributed by atoms with van der Waals surface area (Å²) < 4.78 is 0. The van der Waals surface area contributed by atoms with Gasteiger partial charge in [0.1, 0.15) is 0 Å². The van der Waals surface area contributed by atoms with E-state index < -0.39 is 0 Å². The van der Waals surface area contributed by atoms with Crippen molar-refractivity contribution in [1.82, 2.24) is 15.1 Å². The standard InChI is InChI=1S/C24H25N3O3S/c1-26(2)19(20-11-6-14-31-20)15-25-21(28)12-5-13-27-23(29)17-9-3-7-16-8-4-10-18(22(16)17)24(27)30/h3-4,6-11,14,19H,5,12-13,15H2,1-2H3,(H,25,28). The molecule has 0 fully saturated rings. The van der Waals surface area contributed by atoms with Gasteiger partial charge in [-0.2, -0.15) is 0 Å². The van der Waals surface area contributed by atoms with Crippen LogP contribution < -0.4 is 5.32 Å². The van der Waals surface area contributed by atoms with Crippen molar-refractivity contribution in [3.63, 3.8) is 0 Å². The lowest BCUT2D eigenvalue weighted by molar-refractivity contribution is -0.121. The Labute approximate surface area is 185 Å². The van der Waals surface area contributed by atoms with Crippen molar-refractivity contribution in [2.75, 3.05) is 27.2 Å². The van der Waals surface area contributed by atoms with Crippen LogP contribution in [0, 0.1) is 0 Å². The number of carbonyl (C=O) groups excluding carboxylic acids is 3. The second-order valence-electron chi connectivity index (χ2n) is 7.87. The Morgan fingerprint density at radius 2 is 1.71 bits per heavy atom. The topological polar surface area (TPSA) is 69.7 Å². The average molecular weight is 436 g/mol. The van der Waals surface area contributed by atoms with E-state index in [0.717, 1.165) is 10.8 Å². The van der Waals surface area contributed by atoms with Crippen LogP contribution in [0.1, 0.15) is 44.5 Å². The number of imide groups is 1. The van der Waals surface area contributed by atoms with Gasteiger partial charge in [0.25, 0.3) is 11.8 Å². The molecule has 1 aliphatic rings. The largest absolute Gasteiger partial charge is 0.354 e. The van der Waals surface area contributed by atoms with Gasteiger partial charge in [0, 0.05) is 40.9 Å². The lowest BCUT2D eigenvalue weighted by Crippen LogP contribution is -2.41. The van der Waals surface area contributed by atoms with Gasteiger partial charge in [-0.1, -0.05) is 30.3 Å². The van der Waals surface area contributed by atoms with Crippen LogP contribution in [0.4, 0.5) is 0 Å². The number of benzene rings is 2. The number of hydrogen-bond donors (Lipinski definition) is 1. The van der Waals surface area contributed by atoms with Crippen LogP contribution in [0.3, 0.4) is 0 Å². The van der Waals surface area contributed by atoms with Crippen LogP contribution in [-0.2, 0) is 4.79 Å². The number of carbonyl (C=O) groups is 3. The monoisotopic (exact) mass is 435 g/mol. The number of hydrogen-bond acceptors (Lipinski definition) is 5. The van der Waals surface area contributed by atoms with E-state index in [1.807, 2.05) is 49.8 Å². The van der Waals surface area contributed by atoms with Crippen molar-refractivity contribution in [3.05, 3.63) is 69.9 Å². The number of likely N-dealkylation sites (N-methyl/N-ethyl adjacent to an activating group) is 1. The third-order valence-corrected chi connectivity index (χ3v) is 6.60. The number of nitrogens with zero attached hydrogens (tertiary/aromatic N) is 2. The van der Waals surface area contributed by atoms with Gasteiger partial charge in [0.2, 0.25) is 5.91 Å². The van der Waals surface area contributed by atoms with Gasteiger partial charge in [-0.15, -0.1) is 11.3 Å². The van der Waals surface area contributed by atoms with E-state index in [9.17, 15) is 14.4 Å². The van der Waals surface area contributed by atoms with Gasteiger partial charge in [0.05, 0.1) is 6.04 Å². The zero-order valence-corrected chi connectivity index (χ0v) is 18.4. The fourth-order valence-electron chi connectivity index (χ4n) is 4.00. The van der Waals surface area contributed by atoms with E-state index >= 15 is 0 Å². The molecular formula is C24H25N3O3S. The molecule has 0 aliphatic carbocycles. The summed E-state index contributed by atoms with van der Waals surface area (Å²) in [6, 6.07) is 15.2. The maximum atomic E-state index is 12.9. The maximum Gasteiger partial charge on any atom is 0.261 e. The van der Waals surface area contributed by atoms with Gasteiger partial charge >= 0.3 is 0 Å². The normalized spacial score (nSPS) is 14.4. The Bertz CT molecular complexity index is 1070. The highest BCUT2D eigenvalue weighted by molar-refractivity contribution is 7.10. The Morgan fingerprint density at radius 1 is 1.03 bits per heavy atom. The fourth-order valence-corrected chi connectivity index (χ4v) is 4.92. The molecule has 1 unspecified atom stereocenters. The predicted molar refractivity (Wildman–Crippen MR) is 122 cm³/mol. The van der Waals surface area contributed by atoms with Gasteiger partial charge in [0.15, 0.2) is 0 Å². The third-order valence-electron chi connectivity index (χ3n) is 5.63. The summed E-state index contributed by atoms with van der Waals surface area (Å²) in [6.07, 6.45) is 0.681. The van der Waals surface area contributed by atoms with Crippen LogP contribution >= 0.6 is 11.3 Å². The van der Waals surface area contributed by atoms with Gasteiger partial charge in [-0.3, -0.25) is 19.3 Å². The minimum Gasteiger partial charge on any atom is -0.354 e. The zero-order chi connectivity index (χ0) is 22.0. The van der Waals surface area contributed by atoms with Gasteiger partial charge < -0.3 is 10.2 Å². The summed E-state index contributed by atoms with van der Waals surface area (Å²) >= 11 is 1.67. The molecule has 3 amide bonds. The number of thiophene rings is 1. The molecule has 6 nitrogen and oxygen atoms in total. The third kappa shape index (κ3) is 4.24. The zero-order valence-electron chi connectivity index (χ0n) is 17.6. The second kappa shape index (κ2) is 8.99. The SMILES string of the molecule is CN(C)C(CNC(=O)CCCN1C(=O)c2cccc3cccc(c23)C1=O)c1cccs1. The molecule has 0 saturated heterocycles. The first-order valence-corrected chi connectivity index (χ1v) is 11.2. The summed E-state index contributed by atoms with van der Waals surface area (Å²) in [5.41, 5.74) is 1.09. The first-order chi connectivity index (χ1) is 15.0. The molecule has 2 aromatic carbocycles. The van der Waals surface area contributed by atoms with Crippen LogP contribution in [0.2, 0.25) is 0 Å². The number of amides is 3. The maximum absolute atomic E-state index is 12.9. The molecule has 0 saturated carbocycles. The van der Waals surface area contributed by atoms with Crippen LogP contribution in [0.5, 0.6) is 0 Å². The van der Waals surface area contributed by atoms with Crippen molar-refractivity contribution in [3.8, 4) is 0 Å². The van der Waals surface area contributed by atoms with Crippen molar-refractivity contribution in [2.45, 2.75) is 18.9 Å². The highest BCUT2D eigenvalue weighted by atomic mass is 32.1. The molecule has 31 heavy (non-hydrogen) atoms. The second-order valence-corrected chi connectivity index (χ2v) is 8.85. The summed E-state index contributed by atoms with van der Waals surface area (Å²) in [5.74, 6) is -0.664. The highest BCUT2D eigenvalue weighted by Crippen LogP contribution is 2.30. The molecular weight excluding hydrogens is 410 g/mol. The first kappa shape index (κ1) is 21.2. The van der Waals surface area contributed by atoms with Crippen molar-refractivity contribution >= 4 is 39.8 Å². The van der Waals surface area contributed by atoms with Crippen LogP contribution in [0.25, 0.3) is 10.8 Å². The minimum absolute atomic E-state index is 0.0807. The molecule has 0 radical (unpaired) electrons. The van der Waals surface area contributed by atoms with E-state index in [-0.39, 0.29) is 36.7 Å². The summed E-state index contributed by atoms with van der Waals surface area (Å²) in [5, 5.41) is 6.61. The minimum atomic E-state index is -0.292. The predicted octanol–water partition coefficient (Wildman–Crippen LogP) is 3.70. The van der Waals surface area contributed by atoms with Crippen LogP contribution in [-0.4, -0.2) is 54.7 Å². The summed E-state index contributed by atoms with van der Waals surface area (Å²) in [7, 11) is 3.98. The molecule has 1 aromatic heterocycles. The molecule has 160 valence electrons. The molecule has 1 atom stereocenters. The van der Waals surface area contributed by atoms with E-state index in [0.29, 0.717) is 24.1 Å². The Morgan fingerprint density at radius 3 is 2.29 bits per heavy atom. The molecule has 1 aliphatic heterocycles. The molecule has 2 heterocycles. The molecule has 3 aromatic rings. The van der Waals surface area contributed by atoms with Crippen LogP contribution in [0.15, 0.2) is 53.9 Å². The molecule has 4 rings (SSSR count). The summed E-state index contributed by atoms with van der Waals surface area (Å²) in [4.78, 5) is 42.7. The molecule has 7 heteroatoms. The fraction of sp³-hybridized carbons (Fsp3) is 0.292. The van der Waals surface area contributed by atoms with E-state index in [1.54, 1.807) is 23.5 Å². The smallest absolute Gasteiger partial charge is 0.261 e. The first-order valence-electron chi connectivity index (χ1n) is 10.3. The van der Waals surface area contributed by atoms with Gasteiger partial charge in [-0.05, 0) is 49.5 Å². The lowest BCUT2D eigenvalue weighted by atomic mass is 9.94. The van der Waals surface area contributed by atoms with Crippen molar-refractivity contribution in [2.24, 2.45) is 0 Å².